The molecule has 5 nitrogen and oxygen atoms in total. The molecule has 0 aliphatic carbocycles. The zero-order valence-corrected chi connectivity index (χ0v) is 10.9. The van der Waals surface area contributed by atoms with Crippen molar-refractivity contribution in [3.63, 3.8) is 0 Å². The molecule has 0 radical (unpaired) electrons. The molecule has 3 N–H and O–H groups in total. The van der Waals surface area contributed by atoms with E-state index < -0.39 is 5.91 Å². The van der Waals surface area contributed by atoms with Gasteiger partial charge in [0.05, 0.1) is 11.8 Å². The van der Waals surface area contributed by atoms with Crippen molar-refractivity contribution in [2.24, 2.45) is 5.10 Å². The fourth-order valence-corrected chi connectivity index (χ4v) is 1.58. The first-order valence-electron chi connectivity index (χ1n) is 5.98. The Morgan fingerprint density at radius 2 is 1.85 bits per heavy atom. The highest BCUT2D eigenvalue weighted by atomic mass is 16.3. The van der Waals surface area contributed by atoms with Crippen molar-refractivity contribution in [1.82, 2.24) is 5.43 Å². The van der Waals surface area contributed by atoms with Gasteiger partial charge in [-0.15, -0.1) is 0 Å². The maximum atomic E-state index is 11.8. The second-order valence-corrected chi connectivity index (χ2v) is 4.31. The van der Waals surface area contributed by atoms with Crippen LogP contribution in [0.5, 0.6) is 11.5 Å². The largest absolute Gasteiger partial charge is 0.508 e. The topological polar surface area (TPSA) is 81.9 Å². The number of amides is 1. The molecule has 20 heavy (non-hydrogen) atoms. The van der Waals surface area contributed by atoms with Gasteiger partial charge in [-0.25, -0.2) is 5.43 Å². The molecular formula is C15H14N2O3. The average molecular weight is 270 g/mol. The molecule has 2 aromatic carbocycles. The van der Waals surface area contributed by atoms with Crippen molar-refractivity contribution in [3.05, 3.63) is 59.2 Å². The van der Waals surface area contributed by atoms with E-state index in [-0.39, 0.29) is 17.1 Å². The molecule has 0 fully saturated rings. The molecule has 0 atom stereocenters. The Hall–Kier alpha value is -2.82. The predicted octanol–water partition coefficient (Wildman–Crippen LogP) is 2.17. The molecule has 0 saturated heterocycles. The maximum Gasteiger partial charge on any atom is 0.275 e. The fraction of sp³-hybridized carbons (Fsp3) is 0.0667. The van der Waals surface area contributed by atoms with Crippen LogP contribution < -0.4 is 5.43 Å². The van der Waals surface area contributed by atoms with Crippen LogP contribution in [-0.2, 0) is 0 Å². The van der Waals surface area contributed by atoms with Crippen LogP contribution in [0, 0.1) is 6.92 Å². The lowest BCUT2D eigenvalue weighted by atomic mass is 10.2. The number of benzene rings is 2. The number of phenols is 2. The molecule has 0 aliphatic heterocycles. The van der Waals surface area contributed by atoms with E-state index in [0.717, 1.165) is 11.1 Å². The van der Waals surface area contributed by atoms with E-state index in [1.54, 1.807) is 0 Å². The molecule has 0 aliphatic rings. The zero-order valence-electron chi connectivity index (χ0n) is 10.9. The molecule has 1 amide bonds. The number of nitrogens with zero attached hydrogens (tertiary/aromatic N) is 1. The Labute approximate surface area is 116 Å². The van der Waals surface area contributed by atoms with Gasteiger partial charge in [-0.05, 0) is 30.7 Å². The van der Waals surface area contributed by atoms with Crippen molar-refractivity contribution in [2.45, 2.75) is 6.92 Å². The van der Waals surface area contributed by atoms with E-state index in [2.05, 4.69) is 10.5 Å². The minimum atomic E-state index is -0.596. The van der Waals surface area contributed by atoms with Gasteiger partial charge >= 0.3 is 0 Å². The summed E-state index contributed by atoms with van der Waals surface area (Å²) in [5, 5.41) is 22.6. The van der Waals surface area contributed by atoms with Gasteiger partial charge < -0.3 is 10.2 Å². The Morgan fingerprint density at radius 3 is 2.55 bits per heavy atom. The highest BCUT2D eigenvalue weighted by molar-refractivity contribution is 5.97. The highest BCUT2D eigenvalue weighted by Crippen LogP contribution is 2.21. The first kappa shape index (κ1) is 13.6. The van der Waals surface area contributed by atoms with Gasteiger partial charge in [-0.2, -0.15) is 5.10 Å². The highest BCUT2D eigenvalue weighted by Gasteiger charge is 2.10. The molecule has 0 aromatic heterocycles. The number of carbonyl (C=O) groups is 1. The number of phenolic OH excluding ortho intramolecular Hbond substituents is 2. The summed E-state index contributed by atoms with van der Waals surface area (Å²) in [5.41, 5.74) is 4.23. The van der Waals surface area contributed by atoms with E-state index >= 15 is 0 Å². The molecule has 0 heterocycles. The lowest BCUT2D eigenvalue weighted by Gasteiger charge is -2.03. The molecule has 5 heteroatoms. The quantitative estimate of drug-likeness (QED) is 0.454. The Bertz CT molecular complexity index is 649. The van der Waals surface area contributed by atoms with Crippen LogP contribution in [0.1, 0.15) is 21.5 Å². The third-order valence-corrected chi connectivity index (χ3v) is 2.68. The minimum absolute atomic E-state index is 0.0361. The predicted molar refractivity (Wildman–Crippen MR) is 76.0 cm³/mol. The smallest absolute Gasteiger partial charge is 0.275 e. The Morgan fingerprint density at radius 1 is 1.15 bits per heavy atom. The summed E-state index contributed by atoms with van der Waals surface area (Å²) >= 11 is 0. The standard InChI is InChI=1S/C15H14N2O3/c1-10-2-4-11(5-3-10)9-16-17-15(20)13-8-12(18)6-7-14(13)19/h2-9,18-19H,1H3,(H,17,20). The molecule has 102 valence electrons. The van der Waals surface area contributed by atoms with E-state index in [4.69, 9.17) is 0 Å². The monoisotopic (exact) mass is 270 g/mol. The molecular weight excluding hydrogens is 256 g/mol. The van der Waals surface area contributed by atoms with Crippen LogP contribution >= 0.6 is 0 Å². The van der Waals surface area contributed by atoms with E-state index in [9.17, 15) is 15.0 Å². The van der Waals surface area contributed by atoms with Crippen LogP contribution in [-0.4, -0.2) is 22.3 Å². The molecule has 2 aromatic rings. The normalized spacial score (nSPS) is 10.7. The van der Waals surface area contributed by atoms with Gasteiger partial charge in [0, 0.05) is 0 Å². The summed E-state index contributed by atoms with van der Waals surface area (Å²) in [7, 11) is 0. The number of carbonyl (C=O) groups excluding carboxylic acids is 1. The summed E-state index contributed by atoms with van der Waals surface area (Å²) in [6.07, 6.45) is 1.50. The Balaban J connectivity index is 2.05. The summed E-state index contributed by atoms with van der Waals surface area (Å²) in [6, 6.07) is 11.3. The van der Waals surface area contributed by atoms with Crippen molar-refractivity contribution in [2.75, 3.05) is 0 Å². The number of rotatable bonds is 3. The average Bonchev–Trinajstić information content (AvgIpc) is 2.43. The van der Waals surface area contributed by atoms with Crippen molar-refractivity contribution in [3.8, 4) is 11.5 Å². The number of aromatic hydroxyl groups is 2. The molecule has 0 unspecified atom stereocenters. The van der Waals surface area contributed by atoms with E-state index in [1.807, 2.05) is 31.2 Å². The minimum Gasteiger partial charge on any atom is -0.508 e. The first-order chi connectivity index (χ1) is 9.56. The summed E-state index contributed by atoms with van der Waals surface area (Å²) < 4.78 is 0. The number of nitrogens with one attached hydrogen (secondary N) is 1. The van der Waals surface area contributed by atoms with Crippen LogP contribution in [0.2, 0.25) is 0 Å². The van der Waals surface area contributed by atoms with Gasteiger partial charge in [-0.3, -0.25) is 4.79 Å². The molecule has 2 rings (SSSR count). The van der Waals surface area contributed by atoms with Gasteiger partial charge in [0.25, 0.3) is 5.91 Å². The molecule has 0 spiro atoms. The Kier molecular flexibility index (Phi) is 4.00. The SMILES string of the molecule is Cc1ccc(C=NNC(=O)c2cc(O)ccc2O)cc1. The van der Waals surface area contributed by atoms with Gasteiger partial charge in [0.15, 0.2) is 0 Å². The third kappa shape index (κ3) is 3.35. The molecule has 0 saturated carbocycles. The van der Waals surface area contributed by atoms with Crippen LogP contribution in [0.25, 0.3) is 0 Å². The second kappa shape index (κ2) is 5.88. The lowest BCUT2D eigenvalue weighted by Crippen LogP contribution is -2.17. The fourth-order valence-electron chi connectivity index (χ4n) is 1.58. The zero-order chi connectivity index (χ0) is 14.5. The van der Waals surface area contributed by atoms with Gasteiger partial charge in [-0.1, -0.05) is 29.8 Å². The van der Waals surface area contributed by atoms with Gasteiger partial charge in [0.2, 0.25) is 0 Å². The summed E-state index contributed by atoms with van der Waals surface area (Å²) in [5.74, 6) is -0.914. The first-order valence-corrected chi connectivity index (χ1v) is 5.98. The lowest BCUT2D eigenvalue weighted by molar-refractivity contribution is 0.0952. The third-order valence-electron chi connectivity index (χ3n) is 2.68. The van der Waals surface area contributed by atoms with Crippen molar-refractivity contribution < 1.29 is 15.0 Å². The number of aryl methyl sites for hydroxylation is 1. The number of hydrazone groups is 1. The second-order valence-electron chi connectivity index (χ2n) is 4.31. The van der Waals surface area contributed by atoms with Crippen molar-refractivity contribution >= 4 is 12.1 Å². The summed E-state index contributed by atoms with van der Waals surface area (Å²) in [4.78, 5) is 11.8. The van der Waals surface area contributed by atoms with Crippen LogP contribution in [0.4, 0.5) is 0 Å². The van der Waals surface area contributed by atoms with Crippen LogP contribution in [0.3, 0.4) is 0 Å². The maximum absolute atomic E-state index is 11.8. The van der Waals surface area contributed by atoms with E-state index in [0.29, 0.717) is 0 Å². The van der Waals surface area contributed by atoms with Crippen LogP contribution in [0.15, 0.2) is 47.6 Å². The van der Waals surface area contributed by atoms with E-state index in [1.165, 1.54) is 24.4 Å². The molecule has 0 bridgehead atoms. The number of hydrogen-bond donors (Lipinski definition) is 3. The van der Waals surface area contributed by atoms with Gasteiger partial charge in [0.1, 0.15) is 11.5 Å². The summed E-state index contributed by atoms with van der Waals surface area (Å²) in [6.45, 7) is 1.98. The number of hydrogen-bond acceptors (Lipinski definition) is 4. The van der Waals surface area contributed by atoms with Crippen molar-refractivity contribution in [1.29, 1.82) is 0 Å².